The molecule has 1 amide bonds. The summed E-state index contributed by atoms with van der Waals surface area (Å²) in [7, 11) is 1.18. The van der Waals surface area contributed by atoms with Crippen molar-refractivity contribution in [2.75, 3.05) is 13.7 Å². The number of hydrogen-bond donors (Lipinski definition) is 1. The summed E-state index contributed by atoms with van der Waals surface area (Å²) in [5.41, 5.74) is 0.996. The molecule has 0 saturated carbocycles. The second-order valence-electron chi connectivity index (χ2n) is 5.57. The molecule has 0 unspecified atom stereocenters. The van der Waals surface area contributed by atoms with Gasteiger partial charge in [0.25, 0.3) is 5.91 Å². The van der Waals surface area contributed by atoms with E-state index >= 15 is 0 Å². The zero-order valence-electron chi connectivity index (χ0n) is 13.7. The lowest BCUT2D eigenvalue weighted by atomic mass is 9.97. The molecule has 0 saturated heterocycles. The molecule has 0 spiro atoms. The molecule has 0 aliphatic heterocycles. The van der Waals surface area contributed by atoms with Gasteiger partial charge in [-0.2, -0.15) is 0 Å². The molecule has 1 aromatic rings. The van der Waals surface area contributed by atoms with Crippen LogP contribution in [0, 0.1) is 5.92 Å². The van der Waals surface area contributed by atoms with Gasteiger partial charge in [0, 0.05) is 0 Å². The van der Waals surface area contributed by atoms with E-state index in [9.17, 15) is 14.4 Å². The molecule has 0 radical (unpaired) electrons. The van der Waals surface area contributed by atoms with E-state index in [1.807, 2.05) is 30.3 Å². The largest absolute Gasteiger partial charge is 0.469 e. The van der Waals surface area contributed by atoms with Crippen molar-refractivity contribution in [2.24, 2.45) is 5.92 Å². The molecular formula is C17H23NO5. The molecule has 6 nitrogen and oxygen atoms in total. The summed E-state index contributed by atoms with van der Waals surface area (Å²) in [6, 6.07) is 9.46. The van der Waals surface area contributed by atoms with Crippen LogP contribution >= 0.6 is 0 Å². The first-order valence-electron chi connectivity index (χ1n) is 7.49. The van der Waals surface area contributed by atoms with Crippen molar-refractivity contribution in [3.05, 3.63) is 35.9 Å². The molecule has 23 heavy (non-hydrogen) atoms. The smallest absolute Gasteiger partial charge is 0.317 e. The topological polar surface area (TPSA) is 81.7 Å². The maximum absolute atomic E-state index is 12.0. The predicted octanol–water partition coefficient (Wildman–Crippen LogP) is 2.00. The summed E-state index contributed by atoms with van der Waals surface area (Å²) in [5.74, 6) is -1.50. The van der Waals surface area contributed by atoms with Gasteiger partial charge in [-0.1, -0.05) is 44.2 Å². The summed E-state index contributed by atoms with van der Waals surface area (Å²) >= 11 is 0. The SMILES string of the molecule is COC(=O)CC(=O)OCC(=O)N[C@@H](CC(C)C)c1ccccc1. The Morgan fingerprint density at radius 1 is 1.09 bits per heavy atom. The van der Waals surface area contributed by atoms with Crippen LogP contribution in [0.25, 0.3) is 0 Å². The Morgan fingerprint density at radius 2 is 1.74 bits per heavy atom. The van der Waals surface area contributed by atoms with E-state index in [1.165, 1.54) is 7.11 Å². The molecule has 1 aromatic carbocycles. The lowest BCUT2D eigenvalue weighted by Gasteiger charge is -2.21. The Bertz CT molecular complexity index is 527. The van der Waals surface area contributed by atoms with E-state index in [-0.39, 0.29) is 6.04 Å². The maximum atomic E-state index is 12.0. The molecule has 0 heterocycles. The summed E-state index contributed by atoms with van der Waals surface area (Å²) in [5, 5.41) is 2.85. The van der Waals surface area contributed by atoms with Gasteiger partial charge in [-0.25, -0.2) is 0 Å². The van der Waals surface area contributed by atoms with E-state index in [4.69, 9.17) is 4.74 Å². The van der Waals surface area contributed by atoms with E-state index < -0.39 is 30.9 Å². The van der Waals surface area contributed by atoms with Crippen LogP contribution in [-0.2, 0) is 23.9 Å². The standard InChI is InChI=1S/C17H23NO5/c1-12(2)9-14(13-7-5-4-6-8-13)18-15(19)11-23-17(21)10-16(20)22-3/h4-8,12,14H,9-11H2,1-3H3,(H,18,19)/t14-/m0/s1. The number of amides is 1. The number of hydrogen-bond acceptors (Lipinski definition) is 5. The zero-order chi connectivity index (χ0) is 17.2. The Hall–Kier alpha value is -2.37. The third kappa shape index (κ3) is 7.44. The first-order valence-corrected chi connectivity index (χ1v) is 7.49. The molecule has 0 aliphatic carbocycles. The normalized spacial score (nSPS) is 11.7. The van der Waals surface area contributed by atoms with E-state index in [0.29, 0.717) is 5.92 Å². The fourth-order valence-corrected chi connectivity index (χ4v) is 2.06. The third-order valence-corrected chi connectivity index (χ3v) is 3.12. The van der Waals surface area contributed by atoms with Gasteiger partial charge >= 0.3 is 11.9 Å². The van der Waals surface area contributed by atoms with Crippen LogP contribution in [0.1, 0.15) is 38.3 Å². The van der Waals surface area contributed by atoms with Crippen LogP contribution in [0.4, 0.5) is 0 Å². The number of carbonyl (C=O) groups is 3. The molecule has 0 aromatic heterocycles. The zero-order valence-corrected chi connectivity index (χ0v) is 13.7. The van der Waals surface area contributed by atoms with Crippen LogP contribution in [0.15, 0.2) is 30.3 Å². The Labute approximate surface area is 136 Å². The molecule has 126 valence electrons. The second-order valence-corrected chi connectivity index (χ2v) is 5.57. The molecule has 0 fully saturated rings. The van der Waals surface area contributed by atoms with Crippen molar-refractivity contribution in [2.45, 2.75) is 32.7 Å². The van der Waals surface area contributed by atoms with E-state index in [1.54, 1.807) is 0 Å². The number of rotatable bonds is 8. The monoisotopic (exact) mass is 321 g/mol. The van der Waals surface area contributed by atoms with Gasteiger partial charge in [0.05, 0.1) is 13.2 Å². The molecule has 1 N–H and O–H groups in total. The quantitative estimate of drug-likeness (QED) is 0.585. The number of ether oxygens (including phenoxy) is 2. The molecular weight excluding hydrogens is 298 g/mol. The van der Waals surface area contributed by atoms with E-state index in [2.05, 4.69) is 23.9 Å². The lowest BCUT2D eigenvalue weighted by molar-refractivity contribution is -0.155. The van der Waals surface area contributed by atoms with Crippen LogP contribution < -0.4 is 5.32 Å². The Morgan fingerprint density at radius 3 is 2.30 bits per heavy atom. The highest BCUT2D eigenvalue weighted by Crippen LogP contribution is 2.20. The summed E-state index contributed by atoms with van der Waals surface area (Å²) in [6.45, 7) is 3.72. The minimum absolute atomic E-state index is 0.150. The highest BCUT2D eigenvalue weighted by Gasteiger charge is 2.18. The van der Waals surface area contributed by atoms with Crippen molar-refractivity contribution in [3.8, 4) is 0 Å². The first kappa shape index (κ1) is 18.7. The Balaban J connectivity index is 2.54. The highest BCUT2D eigenvalue weighted by atomic mass is 16.5. The molecule has 1 atom stereocenters. The van der Waals surface area contributed by atoms with Crippen LogP contribution in [0.5, 0.6) is 0 Å². The first-order chi connectivity index (χ1) is 10.9. The average molecular weight is 321 g/mol. The van der Waals surface area contributed by atoms with Gasteiger partial charge in [0.2, 0.25) is 0 Å². The number of benzene rings is 1. The van der Waals surface area contributed by atoms with E-state index in [0.717, 1.165) is 12.0 Å². The van der Waals surface area contributed by atoms with Crippen LogP contribution in [0.2, 0.25) is 0 Å². The van der Waals surface area contributed by atoms with Gasteiger partial charge < -0.3 is 14.8 Å². The average Bonchev–Trinajstić information content (AvgIpc) is 2.52. The summed E-state index contributed by atoms with van der Waals surface area (Å²) in [6.07, 6.45) is 0.268. The lowest BCUT2D eigenvalue weighted by Crippen LogP contribution is -2.33. The van der Waals surface area contributed by atoms with Crippen molar-refractivity contribution in [1.82, 2.24) is 5.32 Å². The molecule has 1 rings (SSSR count). The fraction of sp³-hybridized carbons (Fsp3) is 0.471. The minimum Gasteiger partial charge on any atom is -0.469 e. The highest BCUT2D eigenvalue weighted by molar-refractivity contribution is 5.92. The van der Waals surface area contributed by atoms with Crippen molar-refractivity contribution in [3.63, 3.8) is 0 Å². The third-order valence-electron chi connectivity index (χ3n) is 3.12. The van der Waals surface area contributed by atoms with Gasteiger partial charge in [0.15, 0.2) is 6.61 Å². The minimum atomic E-state index is -0.785. The second kappa shape index (κ2) is 9.61. The van der Waals surface area contributed by atoms with Gasteiger partial charge in [-0.3, -0.25) is 14.4 Å². The van der Waals surface area contributed by atoms with Crippen molar-refractivity contribution < 1.29 is 23.9 Å². The Kier molecular flexibility index (Phi) is 7.80. The molecule has 0 bridgehead atoms. The van der Waals surface area contributed by atoms with Crippen molar-refractivity contribution in [1.29, 1.82) is 0 Å². The summed E-state index contributed by atoms with van der Waals surface area (Å²) in [4.78, 5) is 34.2. The van der Waals surface area contributed by atoms with Gasteiger partial charge in [-0.05, 0) is 17.9 Å². The number of nitrogens with one attached hydrogen (secondary N) is 1. The molecule has 0 aliphatic rings. The van der Waals surface area contributed by atoms with Gasteiger partial charge in [-0.15, -0.1) is 0 Å². The molecule has 6 heteroatoms. The van der Waals surface area contributed by atoms with Crippen LogP contribution in [-0.4, -0.2) is 31.6 Å². The van der Waals surface area contributed by atoms with Crippen LogP contribution in [0.3, 0.4) is 0 Å². The number of carbonyl (C=O) groups excluding carboxylic acids is 3. The predicted molar refractivity (Wildman–Crippen MR) is 84.4 cm³/mol. The number of methoxy groups -OCH3 is 1. The van der Waals surface area contributed by atoms with Crippen molar-refractivity contribution >= 4 is 17.8 Å². The van der Waals surface area contributed by atoms with Gasteiger partial charge in [0.1, 0.15) is 6.42 Å². The summed E-state index contributed by atoms with van der Waals surface area (Å²) < 4.78 is 9.12. The fourth-order valence-electron chi connectivity index (χ4n) is 2.06. The number of esters is 2. The maximum Gasteiger partial charge on any atom is 0.317 e.